The molecule has 2 aromatic carbocycles. The van der Waals surface area contributed by atoms with E-state index in [0.717, 1.165) is 51.0 Å². The number of nitrogens with zero attached hydrogens (tertiary/aromatic N) is 3. The molecule has 0 radical (unpaired) electrons. The normalized spacial score (nSPS) is 16.5. The van der Waals surface area contributed by atoms with Crippen molar-refractivity contribution in [1.29, 1.82) is 0 Å². The van der Waals surface area contributed by atoms with Crippen LogP contribution < -0.4 is 4.90 Å². The van der Waals surface area contributed by atoms with Gasteiger partial charge in [-0.1, -0.05) is 13.8 Å². The van der Waals surface area contributed by atoms with Crippen LogP contribution in [0.25, 0.3) is 22.4 Å². The van der Waals surface area contributed by atoms with Gasteiger partial charge in [0.25, 0.3) is 0 Å². The van der Waals surface area contributed by atoms with Gasteiger partial charge in [0.15, 0.2) is 0 Å². The van der Waals surface area contributed by atoms with Crippen LogP contribution in [0.2, 0.25) is 0 Å². The lowest BCUT2D eigenvalue weighted by molar-refractivity contribution is -0.135. The molecule has 0 aliphatic carbocycles. The highest BCUT2D eigenvalue weighted by Crippen LogP contribution is 2.30. The van der Waals surface area contributed by atoms with Crippen LogP contribution in [-0.4, -0.2) is 47.0 Å². The van der Waals surface area contributed by atoms with Crippen molar-refractivity contribution in [2.45, 2.75) is 39.5 Å². The maximum atomic E-state index is 14.7. The standard InChI is InChI=1S/C25H30F2N4O/c1-3-11-30(12-4-2)25(32)17-6-5-13-31(16-17)19-8-9-21(27)20(15-19)24-28-22-10-7-18(26)14-23(22)29-24/h7-10,14-15,17H,3-6,11-13,16H2,1-2H3,(H,28,29). The van der Waals surface area contributed by atoms with Crippen LogP contribution in [0.15, 0.2) is 36.4 Å². The molecular weight excluding hydrogens is 410 g/mol. The molecule has 1 aliphatic rings. The van der Waals surface area contributed by atoms with Crippen molar-refractivity contribution in [2.75, 3.05) is 31.1 Å². The molecule has 1 saturated heterocycles. The number of halogens is 2. The van der Waals surface area contributed by atoms with Gasteiger partial charge in [0.05, 0.1) is 22.5 Å². The molecule has 7 heteroatoms. The average Bonchev–Trinajstić information content (AvgIpc) is 3.22. The lowest BCUT2D eigenvalue weighted by Crippen LogP contribution is -2.45. The second-order valence-electron chi connectivity index (χ2n) is 8.52. The number of carbonyl (C=O) groups excluding carboxylic acids is 1. The van der Waals surface area contributed by atoms with Crippen LogP contribution in [0.4, 0.5) is 14.5 Å². The Labute approximate surface area is 187 Å². The van der Waals surface area contributed by atoms with Crippen LogP contribution in [0.5, 0.6) is 0 Å². The van der Waals surface area contributed by atoms with Gasteiger partial charge in [0.1, 0.15) is 17.5 Å². The zero-order chi connectivity index (χ0) is 22.7. The Morgan fingerprint density at radius 1 is 1.16 bits per heavy atom. The maximum absolute atomic E-state index is 14.7. The number of aromatic amines is 1. The molecule has 1 atom stereocenters. The molecule has 1 aliphatic heterocycles. The Morgan fingerprint density at radius 2 is 1.94 bits per heavy atom. The van der Waals surface area contributed by atoms with Crippen molar-refractivity contribution in [1.82, 2.24) is 14.9 Å². The predicted molar refractivity (Wildman–Crippen MR) is 124 cm³/mol. The van der Waals surface area contributed by atoms with Crippen LogP contribution in [0.3, 0.4) is 0 Å². The minimum absolute atomic E-state index is 0.0514. The van der Waals surface area contributed by atoms with Crippen molar-refractivity contribution in [3.8, 4) is 11.4 Å². The van der Waals surface area contributed by atoms with Crippen LogP contribution >= 0.6 is 0 Å². The van der Waals surface area contributed by atoms with Gasteiger partial charge in [-0.2, -0.15) is 0 Å². The zero-order valence-corrected chi connectivity index (χ0v) is 18.7. The second kappa shape index (κ2) is 9.67. The number of nitrogens with one attached hydrogen (secondary N) is 1. The number of carbonyl (C=O) groups is 1. The number of rotatable bonds is 7. The van der Waals surface area contributed by atoms with Crippen molar-refractivity contribution in [2.24, 2.45) is 5.92 Å². The Morgan fingerprint density at radius 3 is 2.69 bits per heavy atom. The van der Waals surface area contributed by atoms with Gasteiger partial charge >= 0.3 is 0 Å². The summed E-state index contributed by atoms with van der Waals surface area (Å²) in [5, 5.41) is 0. The SMILES string of the molecule is CCCN(CCC)C(=O)C1CCCN(c2ccc(F)c(-c3nc4ccc(F)cc4[nH]3)c2)C1. The number of amides is 1. The molecule has 2 heterocycles. The Kier molecular flexibility index (Phi) is 6.72. The monoisotopic (exact) mass is 440 g/mol. The summed E-state index contributed by atoms with van der Waals surface area (Å²) < 4.78 is 28.2. The van der Waals surface area contributed by atoms with E-state index in [9.17, 15) is 13.6 Å². The molecule has 32 heavy (non-hydrogen) atoms. The predicted octanol–water partition coefficient (Wildman–Crippen LogP) is 5.37. The number of fused-ring (bicyclic) bond motifs is 1. The molecule has 0 saturated carbocycles. The molecular formula is C25H30F2N4O. The Bertz CT molecular complexity index is 1090. The third kappa shape index (κ3) is 4.61. The Hall–Kier alpha value is -2.96. The summed E-state index contributed by atoms with van der Waals surface area (Å²) >= 11 is 0. The quantitative estimate of drug-likeness (QED) is 0.537. The Balaban J connectivity index is 1.57. The fourth-order valence-corrected chi connectivity index (χ4v) is 4.54. The van der Waals surface area contributed by atoms with Gasteiger partial charge in [0, 0.05) is 31.9 Å². The fourth-order valence-electron chi connectivity index (χ4n) is 4.54. The van der Waals surface area contributed by atoms with Gasteiger partial charge in [0.2, 0.25) is 5.91 Å². The summed E-state index contributed by atoms with van der Waals surface area (Å²) in [5.74, 6) is -0.225. The number of hydrogen-bond donors (Lipinski definition) is 1. The smallest absolute Gasteiger partial charge is 0.227 e. The first-order chi connectivity index (χ1) is 15.5. The third-order valence-electron chi connectivity index (χ3n) is 6.08. The fraction of sp³-hybridized carbons (Fsp3) is 0.440. The van der Waals surface area contributed by atoms with E-state index in [1.807, 2.05) is 4.90 Å². The van der Waals surface area contributed by atoms with Gasteiger partial charge in [-0.25, -0.2) is 13.8 Å². The summed E-state index contributed by atoms with van der Waals surface area (Å²) in [4.78, 5) is 24.7. The van der Waals surface area contributed by atoms with E-state index in [1.54, 1.807) is 18.2 Å². The van der Waals surface area contributed by atoms with Crippen LogP contribution in [0, 0.1) is 17.6 Å². The van der Waals surface area contributed by atoms with Gasteiger partial charge in [-0.3, -0.25) is 4.79 Å². The van der Waals surface area contributed by atoms with Gasteiger partial charge in [-0.05, 0) is 62.1 Å². The first-order valence-corrected chi connectivity index (χ1v) is 11.5. The van der Waals surface area contributed by atoms with Crippen molar-refractivity contribution in [3.05, 3.63) is 48.0 Å². The molecule has 5 nitrogen and oxygen atoms in total. The van der Waals surface area contributed by atoms with Crippen LogP contribution in [0.1, 0.15) is 39.5 Å². The van der Waals surface area contributed by atoms with Gasteiger partial charge in [-0.15, -0.1) is 0 Å². The molecule has 1 fully saturated rings. The van der Waals surface area contributed by atoms with E-state index >= 15 is 0 Å². The lowest BCUT2D eigenvalue weighted by atomic mass is 9.95. The molecule has 0 bridgehead atoms. The summed E-state index contributed by atoms with van der Waals surface area (Å²) in [6.45, 7) is 7.21. The topological polar surface area (TPSA) is 52.2 Å². The van der Waals surface area contributed by atoms with E-state index in [4.69, 9.17) is 0 Å². The number of aromatic nitrogens is 2. The van der Waals surface area contributed by atoms with Gasteiger partial charge < -0.3 is 14.8 Å². The average molecular weight is 441 g/mol. The molecule has 170 valence electrons. The number of hydrogen-bond acceptors (Lipinski definition) is 3. The molecule has 1 N–H and O–H groups in total. The molecule has 1 aromatic heterocycles. The largest absolute Gasteiger partial charge is 0.371 e. The number of benzene rings is 2. The molecule has 1 amide bonds. The lowest BCUT2D eigenvalue weighted by Gasteiger charge is -2.36. The van der Waals surface area contributed by atoms with Crippen LogP contribution in [-0.2, 0) is 4.79 Å². The molecule has 4 rings (SSSR count). The van der Waals surface area contributed by atoms with E-state index in [0.29, 0.717) is 29.0 Å². The zero-order valence-electron chi connectivity index (χ0n) is 18.7. The van der Waals surface area contributed by atoms with Crippen molar-refractivity contribution >= 4 is 22.6 Å². The highest BCUT2D eigenvalue weighted by molar-refractivity contribution is 5.81. The number of anilines is 1. The maximum Gasteiger partial charge on any atom is 0.227 e. The van der Waals surface area contributed by atoms with E-state index in [-0.39, 0.29) is 17.6 Å². The first kappa shape index (κ1) is 22.2. The van der Waals surface area contributed by atoms with Crippen molar-refractivity contribution < 1.29 is 13.6 Å². The van der Waals surface area contributed by atoms with E-state index < -0.39 is 5.82 Å². The molecule has 0 spiro atoms. The molecule has 1 unspecified atom stereocenters. The van der Waals surface area contributed by atoms with Crippen molar-refractivity contribution in [3.63, 3.8) is 0 Å². The summed E-state index contributed by atoms with van der Waals surface area (Å²) in [7, 11) is 0. The summed E-state index contributed by atoms with van der Waals surface area (Å²) in [5.41, 5.74) is 2.32. The van der Waals surface area contributed by atoms with E-state index in [2.05, 4.69) is 28.7 Å². The summed E-state index contributed by atoms with van der Waals surface area (Å²) in [6.07, 6.45) is 3.69. The third-order valence-corrected chi connectivity index (χ3v) is 6.08. The highest BCUT2D eigenvalue weighted by atomic mass is 19.1. The highest BCUT2D eigenvalue weighted by Gasteiger charge is 2.29. The number of piperidine rings is 1. The molecule has 3 aromatic rings. The first-order valence-electron chi connectivity index (χ1n) is 11.5. The minimum Gasteiger partial charge on any atom is -0.371 e. The number of imidazole rings is 1. The second-order valence-corrected chi connectivity index (χ2v) is 8.52. The number of H-pyrrole nitrogens is 1. The minimum atomic E-state index is -0.394. The van der Waals surface area contributed by atoms with E-state index in [1.165, 1.54) is 18.2 Å². The summed E-state index contributed by atoms with van der Waals surface area (Å²) in [6, 6.07) is 9.23.